The van der Waals surface area contributed by atoms with Gasteiger partial charge in [0.05, 0.1) is 13.2 Å². The minimum absolute atomic E-state index is 0.305. The number of rotatable bonds is 18. The third kappa shape index (κ3) is 8.13. The van der Waals surface area contributed by atoms with Crippen LogP contribution >= 0.6 is 0 Å². The zero-order valence-electron chi connectivity index (χ0n) is 36.5. The van der Waals surface area contributed by atoms with Crippen LogP contribution in [0, 0.1) is 25.7 Å². The summed E-state index contributed by atoms with van der Waals surface area (Å²) in [6.45, 7) is 14.2. The Morgan fingerprint density at radius 2 is 1.00 bits per heavy atom. The fraction of sp³-hybridized carbons (Fsp3) is 0.333. The molecule has 9 aromatic rings. The number of oxazole rings is 4. The van der Waals surface area contributed by atoms with E-state index in [9.17, 15) is 0 Å². The number of nitrogens with zero attached hydrogens (tertiary/aromatic N) is 4. The Balaban J connectivity index is 1.24. The number of benzene rings is 5. The second kappa shape index (κ2) is 17.6. The molecule has 0 aliphatic heterocycles. The maximum absolute atomic E-state index is 6.88. The van der Waals surface area contributed by atoms with E-state index in [0.717, 1.165) is 54.5 Å². The molecule has 4 heterocycles. The summed E-state index contributed by atoms with van der Waals surface area (Å²) >= 11 is 0. The lowest BCUT2D eigenvalue weighted by molar-refractivity contribution is 0.233. The first-order chi connectivity index (χ1) is 30.2. The maximum Gasteiger partial charge on any atom is 0.437 e. The average molecular weight is 847 g/mol. The van der Waals surface area contributed by atoms with Crippen molar-refractivity contribution >= 4 is 74.5 Å². The molecule has 62 heavy (non-hydrogen) atoms. The summed E-state index contributed by atoms with van der Waals surface area (Å²) < 4.78 is 40.1. The normalized spacial score (nSPS) is 13.9. The summed E-state index contributed by atoms with van der Waals surface area (Å²) in [4.78, 5) is 21.0. The number of aromatic nitrogens is 4. The van der Waals surface area contributed by atoms with Crippen LogP contribution in [0.5, 0.6) is 11.5 Å². The summed E-state index contributed by atoms with van der Waals surface area (Å²) in [7, 11) is -4.09. The third-order valence-electron chi connectivity index (χ3n) is 11.9. The van der Waals surface area contributed by atoms with E-state index in [4.69, 9.17) is 47.1 Å². The molecule has 9 rings (SSSR count). The highest BCUT2D eigenvalue weighted by molar-refractivity contribution is 7.16. The fourth-order valence-electron chi connectivity index (χ4n) is 8.14. The van der Waals surface area contributed by atoms with Crippen LogP contribution in [0.3, 0.4) is 0 Å². The van der Waals surface area contributed by atoms with E-state index in [-0.39, 0.29) is 0 Å². The quantitative estimate of drug-likeness (QED) is 0.0771. The molecule has 0 spiro atoms. The van der Waals surface area contributed by atoms with Gasteiger partial charge in [0.2, 0.25) is 22.1 Å². The van der Waals surface area contributed by atoms with Gasteiger partial charge in [-0.25, -0.2) is 19.9 Å². The Kier molecular flexibility index (Phi) is 11.7. The Bertz CT molecular complexity index is 2980. The van der Waals surface area contributed by atoms with E-state index in [2.05, 4.69) is 58.9 Å². The lowest BCUT2D eigenvalue weighted by Gasteiger charge is -2.17. The van der Waals surface area contributed by atoms with Gasteiger partial charge in [-0.1, -0.05) is 102 Å². The first-order valence-corrected chi connectivity index (χ1v) is 24.2. The summed E-state index contributed by atoms with van der Waals surface area (Å²) in [6.07, 6.45) is 7.97. The van der Waals surface area contributed by atoms with E-state index in [1.807, 2.05) is 79.7 Å². The number of hydrogen-bond donors (Lipinski definition) is 0. The molecule has 0 saturated heterocycles. The largest absolute Gasteiger partial charge is 0.493 e. The number of fused-ring (bicyclic) bond motifs is 4. The topological polar surface area (TPSA) is 123 Å². The molecule has 4 aromatic heterocycles. The summed E-state index contributed by atoms with van der Waals surface area (Å²) in [5, 5.41) is 0. The van der Waals surface area contributed by atoms with Crippen LogP contribution in [0.25, 0.3) is 55.5 Å². The number of ether oxygens (including phenoxy) is 2. The monoisotopic (exact) mass is 846 g/mol. The molecule has 0 radical (unpaired) electrons. The first-order valence-electron chi connectivity index (χ1n) is 22.2. The van der Waals surface area contributed by atoms with E-state index in [1.165, 1.54) is 18.4 Å². The molecule has 0 fully saturated rings. The van der Waals surface area contributed by atoms with E-state index < -0.39 is 8.07 Å². The lowest BCUT2D eigenvalue weighted by atomic mass is 10.0. The summed E-state index contributed by atoms with van der Waals surface area (Å²) in [5.41, 5.74) is 10.4. The van der Waals surface area contributed by atoms with Gasteiger partial charge in [-0.15, -0.1) is 0 Å². The van der Waals surface area contributed by atoms with Crippen molar-refractivity contribution in [2.75, 3.05) is 13.2 Å². The van der Waals surface area contributed by atoms with Crippen molar-refractivity contribution in [3.63, 3.8) is 0 Å². The van der Waals surface area contributed by atoms with Crippen LogP contribution in [0.1, 0.15) is 83.8 Å². The highest BCUT2D eigenvalue weighted by Gasteiger charge is 2.61. The van der Waals surface area contributed by atoms with Crippen LogP contribution in [0.15, 0.2) is 115 Å². The molecule has 0 amide bonds. The van der Waals surface area contributed by atoms with Crippen LogP contribution in [0.4, 0.5) is 0 Å². The van der Waals surface area contributed by atoms with Gasteiger partial charge in [-0.2, -0.15) is 0 Å². The maximum atomic E-state index is 6.88. The Morgan fingerprint density at radius 3 is 1.56 bits per heavy atom. The molecule has 0 aliphatic carbocycles. The van der Waals surface area contributed by atoms with Crippen molar-refractivity contribution in [1.29, 1.82) is 0 Å². The summed E-state index contributed by atoms with van der Waals surface area (Å²) in [5.74, 6) is 2.33. The highest BCUT2D eigenvalue weighted by atomic mass is 28.3. The van der Waals surface area contributed by atoms with Crippen molar-refractivity contribution in [1.82, 2.24) is 19.9 Å². The van der Waals surface area contributed by atoms with Gasteiger partial charge in [-0.3, -0.25) is 0 Å². The highest BCUT2D eigenvalue weighted by Crippen LogP contribution is 2.28. The Morgan fingerprint density at radius 1 is 0.516 bits per heavy atom. The summed E-state index contributed by atoms with van der Waals surface area (Å²) in [6, 6.07) is 31.9. The second-order valence-electron chi connectivity index (χ2n) is 16.9. The van der Waals surface area contributed by atoms with Crippen molar-refractivity contribution in [3.8, 4) is 22.6 Å². The number of aryl methyl sites for hydroxylation is 2. The average Bonchev–Trinajstić information content (AvgIpc) is 4.10. The number of hydrogen-bond acceptors (Lipinski definition) is 10. The number of unbranched alkanes of at least 4 members (excludes halogenated alkanes) is 2. The predicted octanol–water partition coefficient (Wildman–Crippen LogP) is 10.7. The minimum atomic E-state index is -4.09. The lowest BCUT2D eigenvalue weighted by Crippen LogP contribution is -2.76. The molecule has 0 N–H and O–H groups in total. The SMILES string of the molecule is CCCCC(C)COc1ccc2oc([Si](c3nc4cc(C)ccc4o3)(c3nc4cc(OCC(CC)CCCC)ccc4o3)c3nc4cc(-c5cccc(C)c5)ccc4o3)nc2c1. The molecule has 318 valence electrons. The molecule has 0 bridgehead atoms. The van der Waals surface area contributed by atoms with Gasteiger partial charge in [-0.05, 0) is 104 Å². The third-order valence-corrected chi connectivity index (χ3v) is 15.3. The van der Waals surface area contributed by atoms with Crippen molar-refractivity contribution in [3.05, 3.63) is 108 Å². The van der Waals surface area contributed by atoms with Gasteiger partial charge in [0.15, 0.2) is 22.3 Å². The second-order valence-corrected chi connectivity index (χ2v) is 20.1. The first kappa shape index (κ1) is 41.2. The van der Waals surface area contributed by atoms with E-state index >= 15 is 0 Å². The Hall–Kier alpha value is -6.20. The molecular formula is C51H54N4O6Si. The van der Waals surface area contributed by atoms with Crippen molar-refractivity contribution in [2.24, 2.45) is 11.8 Å². The smallest absolute Gasteiger partial charge is 0.437 e. The van der Waals surface area contributed by atoms with E-state index in [1.54, 1.807) is 0 Å². The molecule has 3 atom stereocenters. The predicted molar refractivity (Wildman–Crippen MR) is 248 cm³/mol. The minimum Gasteiger partial charge on any atom is -0.493 e. The van der Waals surface area contributed by atoms with Gasteiger partial charge in [0.25, 0.3) is 0 Å². The van der Waals surface area contributed by atoms with Crippen LogP contribution in [-0.4, -0.2) is 41.2 Å². The van der Waals surface area contributed by atoms with Gasteiger partial charge in [0, 0.05) is 12.1 Å². The standard InChI is InChI=1S/C51H54N4O6Si/c1-7-10-13-34(6)30-56-38-19-23-46-42(28-38)54-50(60-46)62(48-52-40-26-33(5)17-21-44(40)58-48,49-53-41-27-37(18-22-45(41)59-49)36-16-12-14-32(4)25-36)51-55-43-29-39(20-24-47(43)61-51)57-31-35(9-3)15-11-8-2/h12,14,16-29,34-35H,7-11,13,15,30-31H2,1-6H3. The van der Waals surface area contributed by atoms with E-state index in [0.29, 0.717) is 97.3 Å². The van der Waals surface area contributed by atoms with Crippen molar-refractivity contribution in [2.45, 2.75) is 86.5 Å². The molecule has 5 aromatic carbocycles. The Labute approximate surface area is 362 Å². The van der Waals surface area contributed by atoms with Crippen LogP contribution in [0.2, 0.25) is 0 Å². The van der Waals surface area contributed by atoms with Crippen molar-refractivity contribution < 1.29 is 27.1 Å². The molecule has 0 aliphatic rings. The molecule has 11 heteroatoms. The molecular weight excluding hydrogens is 793 g/mol. The zero-order valence-corrected chi connectivity index (χ0v) is 37.5. The van der Waals surface area contributed by atoms with Crippen LogP contribution < -0.4 is 31.5 Å². The van der Waals surface area contributed by atoms with Crippen LogP contribution in [-0.2, 0) is 0 Å². The fourth-order valence-corrected chi connectivity index (χ4v) is 11.4. The van der Waals surface area contributed by atoms with Gasteiger partial charge < -0.3 is 27.1 Å². The molecule has 10 nitrogen and oxygen atoms in total. The molecule has 0 saturated carbocycles. The van der Waals surface area contributed by atoms with Gasteiger partial charge >= 0.3 is 8.07 Å². The van der Waals surface area contributed by atoms with Gasteiger partial charge in [0.1, 0.15) is 33.6 Å². The zero-order chi connectivity index (χ0) is 42.8. The molecule has 3 unspecified atom stereocenters.